The average Bonchev–Trinajstić information content (AvgIpc) is 2.93. The van der Waals surface area contributed by atoms with Crippen molar-refractivity contribution in [3.05, 3.63) is 64.6 Å². The molecule has 4 rings (SSSR count). The molecule has 144 valence electrons. The molecule has 0 saturated carbocycles. The van der Waals surface area contributed by atoms with Crippen LogP contribution in [0.15, 0.2) is 53.4 Å². The minimum Gasteiger partial charge on any atom is -0.369 e. The summed E-state index contributed by atoms with van der Waals surface area (Å²) in [7, 11) is 2.13. The van der Waals surface area contributed by atoms with Crippen LogP contribution in [0.4, 0.5) is 16.2 Å². The summed E-state index contributed by atoms with van der Waals surface area (Å²) >= 11 is 0.998. The van der Waals surface area contributed by atoms with E-state index in [1.807, 2.05) is 30.3 Å². The Morgan fingerprint density at radius 3 is 2.54 bits per heavy atom. The number of amides is 2. The number of thioether (sulfide) groups is 1. The third-order valence-electron chi connectivity index (χ3n) is 5.76. The Labute approximate surface area is 170 Å². The van der Waals surface area contributed by atoms with E-state index in [4.69, 9.17) is 0 Å². The van der Waals surface area contributed by atoms with Gasteiger partial charge in [0.25, 0.3) is 11.1 Å². The minimum atomic E-state index is -0.259. The zero-order chi connectivity index (χ0) is 20.1. The predicted octanol–water partition coefficient (Wildman–Crippen LogP) is 5.65. The maximum absolute atomic E-state index is 12.8. The number of fused-ring (bicyclic) bond motifs is 1. The molecular formula is C23H24N2O2S. The van der Waals surface area contributed by atoms with Crippen molar-refractivity contribution in [1.29, 1.82) is 0 Å². The van der Waals surface area contributed by atoms with Gasteiger partial charge in [0, 0.05) is 18.3 Å². The molecule has 0 spiro atoms. The van der Waals surface area contributed by atoms with E-state index in [1.54, 1.807) is 12.1 Å². The first-order valence-corrected chi connectivity index (χ1v) is 10.3. The van der Waals surface area contributed by atoms with Crippen molar-refractivity contribution in [2.45, 2.75) is 38.6 Å². The lowest BCUT2D eigenvalue weighted by molar-refractivity contribution is -0.113. The second-order valence-corrected chi connectivity index (χ2v) is 9.14. The first kappa shape index (κ1) is 18.8. The first-order valence-electron chi connectivity index (χ1n) is 9.49. The van der Waals surface area contributed by atoms with Crippen LogP contribution in [-0.4, -0.2) is 23.7 Å². The number of benzene rings is 2. The molecule has 1 saturated heterocycles. The van der Waals surface area contributed by atoms with Gasteiger partial charge in [-0.25, -0.2) is 4.90 Å². The molecule has 0 N–H and O–H groups in total. The Balaban J connectivity index is 1.67. The smallest absolute Gasteiger partial charge is 0.298 e. The summed E-state index contributed by atoms with van der Waals surface area (Å²) < 4.78 is 0. The normalized spacial score (nSPS) is 22.7. The summed E-state index contributed by atoms with van der Waals surface area (Å²) in [6, 6.07) is 15.4. The summed E-state index contributed by atoms with van der Waals surface area (Å²) in [5.74, 6) is 0.180. The second-order valence-electron chi connectivity index (χ2n) is 8.15. The van der Waals surface area contributed by atoms with Crippen LogP contribution in [-0.2, 0) is 4.79 Å². The standard InChI is InChI=1S/C23H24N2O2S/c1-15-14-23(2,3)24(4)19-11-10-16(12-18(15)19)13-20-21(26)25(22(27)28-20)17-8-6-5-7-9-17/h5-13,15H,14H2,1-4H3/b20-13+. The topological polar surface area (TPSA) is 40.6 Å². The van der Waals surface area contributed by atoms with Gasteiger partial charge in [0.2, 0.25) is 0 Å². The highest BCUT2D eigenvalue weighted by Gasteiger charge is 2.37. The summed E-state index contributed by atoms with van der Waals surface area (Å²) in [5, 5.41) is -0.254. The lowest BCUT2D eigenvalue weighted by Crippen LogP contribution is -2.45. The quantitative estimate of drug-likeness (QED) is 0.619. The highest BCUT2D eigenvalue weighted by atomic mass is 32.2. The fourth-order valence-corrected chi connectivity index (χ4v) is 4.95. The van der Waals surface area contributed by atoms with Crippen molar-refractivity contribution in [2.24, 2.45) is 0 Å². The van der Waals surface area contributed by atoms with Crippen molar-refractivity contribution in [3.63, 3.8) is 0 Å². The molecule has 1 unspecified atom stereocenters. The van der Waals surface area contributed by atoms with Crippen LogP contribution in [0.2, 0.25) is 0 Å². The maximum Gasteiger partial charge on any atom is 0.298 e. The van der Waals surface area contributed by atoms with E-state index in [0.717, 1.165) is 23.7 Å². The average molecular weight is 393 g/mol. The predicted molar refractivity (Wildman–Crippen MR) is 117 cm³/mol. The lowest BCUT2D eigenvalue weighted by Gasteiger charge is -2.45. The molecular weight excluding hydrogens is 368 g/mol. The molecule has 1 atom stereocenters. The SMILES string of the molecule is CC1CC(C)(C)N(C)c2ccc(/C=C3/SC(=O)N(c4ccccc4)C3=O)cc21. The fourth-order valence-electron chi connectivity index (χ4n) is 4.10. The molecule has 2 aliphatic rings. The number of imide groups is 1. The Hall–Kier alpha value is -2.53. The van der Waals surface area contributed by atoms with Crippen LogP contribution in [0.3, 0.4) is 0 Å². The molecule has 1 fully saturated rings. The molecule has 0 aliphatic carbocycles. The number of carbonyl (C=O) groups excluding carboxylic acids is 2. The Morgan fingerprint density at radius 1 is 1.11 bits per heavy atom. The van der Waals surface area contributed by atoms with E-state index in [1.165, 1.54) is 16.2 Å². The van der Waals surface area contributed by atoms with Gasteiger partial charge < -0.3 is 4.90 Å². The molecule has 2 heterocycles. The van der Waals surface area contributed by atoms with Gasteiger partial charge in [0.05, 0.1) is 10.6 Å². The number of carbonyl (C=O) groups is 2. The van der Waals surface area contributed by atoms with Gasteiger partial charge >= 0.3 is 0 Å². The lowest BCUT2D eigenvalue weighted by atomic mass is 9.80. The largest absolute Gasteiger partial charge is 0.369 e. The van der Waals surface area contributed by atoms with Gasteiger partial charge in [-0.1, -0.05) is 31.2 Å². The summed E-state index contributed by atoms with van der Waals surface area (Å²) in [6.07, 6.45) is 2.91. The van der Waals surface area contributed by atoms with E-state index in [2.05, 4.69) is 44.9 Å². The van der Waals surface area contributed by atoms with E-state index in [9.17, 15) is 9.59 Å². The van der Waals surface area contributed by atoms with Crippen molar-refractivity contribution < 1.29 is 9.59 Å². The van der Waals surface area contributed by atoms with Gasteiger partial charge in [-0.2, -0.15) is 0 Å². The van der Waals surface area contributed by atoms with Crippen LogP contribution >= 0.6 is 11.8 Å². The van der Waals surface area contributed by atoms with Gasteiger partial charge in [-0.3, -0.25) is 9.59 Å². The molecule has 2 aromatic carbocycles. The number of hydrogen-bond acceptors (Lipinski definition) is 4. The fraction of sp³-hybridized carbons (Fsp3) is 0.304. The maximum atomic E-state index is 12.8. The third kappa shape index (κ3) is 3.14. The summed E-state index contributed by atoms with van der Waals surface area (Å²) in [6.45, 7) is 6.78. The van der Waals surface area contributed by atoms with E-state index in [0.29, 0.717) is 16.5 Å². The monoisotopic (exact) mass is 392 g/mol. The number of hydrogen-bond donors (Lipinski definition) is 0. The molecule has 4 nitrogen and oxygen atoms in total. The van der Waals surface area contributed by atoms with Gasteiger partial charge in [0.15, 0.2) is 0 Å². The molecule has 28 heavy (non-hydrogen) atoms. The number of rotatable bonds is 2. The van der Waals surface area contributed by atoms with E-state index < -0.39 is 0 Å². The zero-order valence-corrected chi connectivity index (χ0v) is 17.4. The van der Waals surface area contributed by atoms with Crippen molar-refractivity contribution in [3.8, 4) is 0 Å². The van der Waals surface area contributed by atoms with Crippen LogP contribution in [0, 0.1) is 0 Å². The van der Waals surface area contributed by atoms with Crippen LogP contribution in [0.25, 0.3) is 6.08 Å². The number of para-hydroxylation sites is 1. The molecule has 0 aromatic heterocycles. The summed E-state index contributed by atoms with van der Waals surface area (Å²) in [5.41, 5.74) is 4.21. The van der Waals surface area contributed by atoms with E-state index >= 15 is 0 Å². The van der Waals surface area contributed by atoms with Crippen molar-refractivity contribution >= 4 is 40.4 Å². The van der Waals surface area contributed by atoms with Crippen molar-refractivity contribution in [1.82, 2.24) is 0 Å². The second kappa shape index (κ2) is 6.82. The third-order valence-corrected chi connectivity index (χ3v) is 6.63. The molecule has 2 amide bonds. The van der Waals surface area contributed by atoms with Gasteiger partial charge in [0.1, 0.15) is 0 Å². The Bertz CT molecular complexity index is 981. The highest BCUT2D eigenvalue weighted by Crippen LogP contribution is 2.43. The summed E-state index contributed by atoms with van der Waals surface area (Å²) in [4.78, 5) is 29.3. The zero-order valence-electron chi connectivity index (χ0n) is 16.6. The number of anilines is 2. The van der Waals surface area contributed by atoms with Gasteiger partial charge in [-0.05, 0) is 79.4 Å². The van der Waals surface area contributed by atoms with E-state index in [-0.39, 0.29) is 16.7 Å². The number of nitrogens with zero attached hydrogens (tertiary/aromatic N) is 2. The van der Waals surface area contributed by atoms with Crippen LogP contribution in [0.1, 0.15) is 44.2 Å². The van der Waals surface area contributed by atoms with Gasteiger partial charge in [-0.15, -0.1) is 0 Å². The molecule has 0 radical (unpaired) electrons. The molecule has 5 heteroatoms. The van der Waals surface area contributed by atoms with Crippen LogP contribution < -0.4 is 9.80 Å². The Morgan fingerprint density at radius 2 is 1.82 bits per heavy atom. The van der Waals surface area contributed by atoms with Crippen LogP contribution in [0.5, 0.6) is 0 Å². The highest BCUT2D eigenvalue weighted by molar-refractivity contribution is 8.19. The first-order chi connectivity index (χ1) is 13.3. The molecule has 2 aliphatic heterocycles. The Kier molecular flexibility index (Phi) is 4.58. The molecule has 0 bridgehead atoms. The minimum absolute atomic E-state index is 0.117. The van der Waals surface area contributed by atoms with Crippen molar-refractivity contribution in [2.75, 3.05) is 16.8 Å². The molecule has 2 aromatic rings.